The first kappa shape index (κ1) is 16.2. The van der Waals surface area contributed by atoms with Crippen molar-refractivity contribution in [3.63, 3.8) is 0 Å². The van der Waals surface area contributed by atoms with Crippen molar-refractivity contribution in [2.45, 2.75) is 26.1 Å². The molecule has 0 radical (unpaired) electrons. The van der Waals surface area contributed by atoms with Crippen LogP contribution in [-0.4, -0.2) is 56.5 Å². The quantitative estimate of drug-likeness (QED) is 0.511. The molecule has 0 aliphatic carbocycles. The Hall–Kier alpha value is -0.820. The first-order chi connectivity index (χ1) is 7.76. The van der Waals surface area contributed by atoms with Gasteiger partial charge in [-0.3, -0.25) is 9.69 Å². The molecule has 0 aromatic carbocycles. The Morgan fingerprint density at radius 1 is 1.35 bits per heavy atom. The van der Waals surface area contributed by atoms with Gasteiger partial charge in [0.25, 0.3) is 0 Å². The van der Waals surface area contributed by atoms with Crippen LogP contribution in [0.1, 0.15) is 13.8 Å². The fourth-order valence-electron chi connectivity index (χ4n) is 1.12. The molecule has 0 aliphatic heterocycles. The highest BCUT2D eigenvalue weighted by Gasteiger charge is 2.27. The Kier molecular flexibility index (Phi) is 7.13. The van der Waals surface area contributed by atoms with Crippen molar-refractivity contribution in [2.75, 3.05) is 33.4 Å². The van der Waals surface area contributed by atoms with Gasteiger partial charge in [0, 0.05) is 12.6 Å². The highest BCUT2D eigenvalue weighted by molar-refractivity contribution is 5.71. The second kappa shape index (κ2) is 7.50. The van der Waals surface area contributed by atoms with Gasteiger partial charge in [0.2, 0.25) is 0 Å². The van der Waals surface area contributed by atoms with E-state index in [2.05, 4.69) is 9.47 Å². The lowest BCUT2D eigenvalue weighted by atomic mass is 10.3. The largest absolute Gasteiger partial charge is 0.468 e. The normalized spacial score (nSPS) is 12.2. The van der Waals surface area contributed by atoms with E-state index in [4.69, 9.17) is 0 Å². The summed E-state index contributed by atoms with van der Waals surface area (Å²) in [6, 6.07) is 0.0311. The maximum atomic E-state index is 11.8. The summed E-state index contributed by atoms with van der Waals surface area (Å²) in [5.41, 5.74) is 0. The Bertz CT molecular complexity index is 231. The minimum atomic E-state index is -4.31. The molecule has 0 saturated carbocycles. The number of ether oxygens (including phenoxy) is 2. The number of hydrogen-bond acceptors (Lipinski definition) is 4. The molecule has 0 N–H and O–H groups in total. The number of methoxy groups -OCH3 is 1. The minimum Gasteiger partial charge on any atom is -0.468 e. The van der Waals surface area contributed by atoms with E-state index in [0.29, 0.717) is 0 Å². The summed E-state index contributed by atoms with van der Waals surface area (Å²) in [7, 11) is 1.26. The second-order valence-electron chi connectivity index (χ2n) is 3.81. The molecule has 0 atom stereocenters. The Morgan fingerprint density at radius 3 is 2.35 bits per heavy atom. The van der Waals surface area contributed by atoms with Gasteiger partial charge in [-0.25, -0.2) is 0 Å². The van der Waals surface area contributed by atoms with Crippen molar-refractivity contribution in [1.82, 2.24) is 4.90 Å². The Labute approximate surface area is 98.7 Å². The molecule has 0 rings (SSSR count). The van der Waals surface area contributed by atoms with E-state index in [1.165, 1.54) is 7.11 Å². The van der Waals surface area contributed by atoms with Crippen LogP contribution >= 0.6 is 0 Å². The average Bonchev–Trinajstić information content (AvgIpc) is 2.20. The monoisotopic (exact) mass is 257 g/mol. The number of nitrogens with zero attached hydrogens (tertiary/aromatic N) is 1. The molecule has 0 unspecified atom stereocenters. The third-order valence-corrected chi connectivity index (χ3v) is 2.08. The number of hydrogen-bond donors (Lipinski definition) is 0. The highest BCUT2D eigenvalue weighted by atomic mass is 19.4. The van der Waals surface area contributed by atoms with Gasteiger partial charge in [0.05, 0.1) is 20.3 Å². The number of carbonyl (C=O) groups excluding carboxylic acids is 1. The van der Waals surface area contributed by atoms with Crippen LogP contribution in [0.4, 0.5) is 13.2 Å². The molecule has 17 heavy (non-hydrogen) atoms. The number of rotatable bonds is 7. The predicted molar refractivity (Wildman–Crippen MR) is 55.6 cm³/mol. The number of carbonyl (C=O) groups is 1. The van der Waals surface area contributed by atoms with E-state index in [1.807, 2.05) is 13.8 Å². The second-order valence-corrected chi connectivity index (χ2v) is 3.81. The molecule has 7 heteroatoms. The first-order valence-electron chi connectivity index (χ1n) is 5.21. The number of alkyl halides is 3. The maximum absolute atomic E-state index is 11.8. The van der Waals surface area contributed by atoms with E-state index >= 15 is 0 Å². The third-order valence-electron chi connectivity index (χ3n) is 2.08. The Morgan fingerprint density at radius 2 is 1.94 bits per heavy atom. The minimum absolute atomic E-state index is 0.0311. The zero-order chi connectivity index (χ0) is 13.5. The molecule has 102 valence electrons. The van der Waals surface area contributed by atoms with Crippen molar-refractivity contribution in [1.29, 1.82) is 0 Å². The van der Waals surface area contributed by atoms with Crippen LogP contribution in [0.5, 0.6) is 0 Å². The van der Waals surface area contributed by atoms with Crippen molar-refractivity contribution in [3.05, 3.63) is 0 Å². The Balaban J connectivity index is 3.90. The van der Waals surface area contributed by atoms with Gasteiger partial charge in [-0.15, -0.1) is 0 Å². The lowest BCUT2D eigenvalue weighted by molar-refractivity contribution is -0.175. The SMILES string of the molecule is COC(=O)CN(CCOCC(F)(F)F)C(C)C. The van der Waals surface area contributed by atoms with Crippen LogP contribution < -0.4 is 0 Å². The van der Waals surface area contributed by atoms with Crippen LogP contribution in [0.25, 0.3) is 0 Å². The van der Waals surface area contributed by atoms with Gasteiger partial charge in [0.15, 0.2) is 0 Å². The highest BCUT2D eigenvalue weighted by Crippen LogP contribution is 2.14. The molecule has 0 spiro atoms. The van der Waals surface area contributed by atoms with Gasteiger partial charge < -0.3 is 9.47 Å². The van der Waals surface area contributed by atoms with Crippen molar-refractivity contribution in [3.8, 4) is 0 Å². The predicted octanol–water partition coefficient (Wildman–Crippen LogP) is 1.45. The summed E-state index contributed by atoms with van der Waals surface area (Å²) in [5.74, 6) is -0.422. The lowest BCUT2D eigenvalue weighted by Crippen LogP contribution is -2.38. The van der Waals surface area contributed by atoms with Crippen LogP contribution in [0.3, 0.4) is 0 Å². The zero-order valence-corrected chi connectivity index (χ0v) is 10.2. The summed E-state index contributed by atoms with van der Waals surface area (Å²) >= 11 is 0. The number of halogens is 3. The fourth-order valence-corrected chi connectivity index (χ4v) is 1.12. The fraction of sp³-hybridized carbons (Fsp3) is 0.900. The molecule has 0 aromatic rings. The topological polar surface area (TPSA) is 38.8 Å². The van der Waals surface area contributed by atoms with E-state index < -0.39 is 18.8 Å². The molecule has 0 aromatic heterocycles. The van der Waals surface area contributed by atoms with Gasteiger partial charge in [-0.05, 0) is 13.8 Å². The van der Waals surface area contributed by atoms with Crippen molar-refractivity contribution in [2.24, 2.45) is 0 Å². The molecule has 0 fully saturated rings. The van der Waals surface area contributed by atoms with Crippen molar-refractivity contribution < 1.29 is 27.4 Å². The molecule has 0 aliphatic rings. The van der Waals surface area contributed by atoms with Gasteiger partial charge in [-0.2, -0.15) is 13.2 Å². The van der Waals surface area contributed by atoms with Crippen molar-refractivity contribution >= 4 is 5.97 Å². The van der Waals surface area contributed by atoms with Crippen LogP contribution in [0.2, 0.25) is 0 Å². The summed E-state index contributed by atoms with van der Waals surface area (Å²) in [4.78, 5) is 12.7. The van der Waals surface area contributed by atoms with E-state index in [9.17, 15) is 18.0 Å². The van der Waals surface area contributed by atoms with Crippen LogP contribution in [0.15, 0.2) is 0 Å². The zero-order valence-electron chi connectivity index (χ0n) is 10.2. The smallest absolute Gasteiger partial charge is 0.411 e. The number of esters is 1. The summed E-state index contributed by atoms with van der Waals surface area (Å²) in [6.45, 7) is 2.64. The van der Waals surface area contributed by atoms with Gasteiger partial charge in [0.1, 0.15) is 6.61 Å². The molecule has 0 bridgehead atoms. The summed E-state index contributed by atoms with van der Waals surface area (Å²) < 4.78 is 44.3. The molecule has 0 saturated heterocycles. The van der Waals surface area contributed by atoms with E-state index in [-0.39, 0.29) is 25.7 Å². The average molecular weight is 257 g/mol. The van der Waals surface area contributed by atoms with Crippen LogP contribution in [-0.2, 0) is 14.3 Å². The molecule has 0 heterocycles. The molecular weight excluding hydrogens is 239 g/mol. The molecular formula is C10H18F3NO3. The van der Waals surface area contributed by atoms with Crippen LogP contribution in [0, 0.1) is 0 Å². The standard InChI is InChI=1S/C10H18F3NO3/c1-8(2)14(6-9(15)16-3)4-5-17-7-10(11,12)13/h8H,4-7H2,1-3H3. The molecule has 0 amide bonds. The summed E-state index contributed by atoms with van der Waals surface area (Å²) in [5, 5.41) is 0. The first-order valence-corrected chi connectivity index (χ1v) is 5.21. The van der Waals surface area contributed by atoms with Gasteiger partial charge >= 0.3 is 12.1 Å². The van der Waals surface area contributed by atoms with E-state index in [1.54, 1.807) is 4.90 Å². The third kappa shape index (κ3) is 8.93. The molecule has 4 nitrogen and oxygen atoms in total. The van der Waals surface area contributed by atoms with E-state index in [0.717, 1.165) is 0 Å². The van der Waals surface area contributed by atoms with Gasteiger partial charge in [-0.1, -0.05) is 0 Å². The maximum Gasteiger partial charge on any atom is 0.411 e. The summed E-state index contributed by atoms with van der Waals surface area (Å²) in [6.07, 6.45) is -4.31. The lowest BCUT2D eigenvalue weighted by Gasteiger charge is -2.24.